The minimum absolute atomic E-state index is 0.0130. The first-order chi connectivity index (χ1) is 18.8. The molecule has 2 atom stereocenters. The van der Waals surface area contributed by atoms with Gasteiger partial charge in [0.1, 0.15) is 17.1 Å². The highest BCUT2D eigenvalue weighted by molar-refractivity contribution is 7.17. The molecule has 1 unspecified atom stereocenters. The summed E-state index contributed by atoms with van der Waals surface area (Å²) in [6.07, 6.45) is 8.87. The topological polar surface area (TPSA) is 128 Å². The van der Waals surface area contributed by atoms with Crippen LogP contribution in [0.3, 0.4) is 0 Å². The average Bonchev–Trinajstić information content (AvgIpc) is 3.84. The predicted molar refractivity (Wildman–Crippen MR) is 137 cm³/mol. The number of carbonyl (C=O) groups excluding carboxylic acids is 2. The number of aromatic nitrogens is 5. The summed E-state index contributed by atoms with van der Waals surface area (Å²) in [7, 11) is 1.60. The first-order valence-electron chi connectivity index (χ1n) is 13.2. The normalized spacial score (nSPS) is 22.5. The van der Waals surface area contributed by atoms with Gasteiger partial charge in [-0.15, -0.1) is 26.6 Å². The minimum Gasteiger partial charge on any atom is -0.415 e. The number of hydrogen-bond acceptors (Lipinski definition) is 8. The van der Waals surface area contributed by atoms with Crippen LogP contribution in [-0.4, -0.2) is 49.0 Å². The van der Waals surface area contributed by atoms with Gasteiger partial charge in [0.25, 0.3) is 5.91 Å². The van der Waals surface area contributed by atoms with Crippen molar-refractivity contribution in [1.82, 2.24) is 29.9 Å². The average molecular weight is 559 g/mol. The summed E-state index contributed by atoms with van der Waals surface area (Å²) in [6.45, 7) is -2.97. The SMILES string of the molecule is Cn1nc(OC(F)F)cc1Nc1nncn1[C@H]1CCc2sc(NC(=O)C3CC3)c(C(=O)NC3CC34CC4)c2C1. The number of thiophene rings is 1. The number of carbonyl (C=O) groups is 2. The van der Waals surface area contributed by atoms with Crippen molar-refractivity contribution in [2.75, 3.05) is 10.6 Å². The third kappa shape index (κ3) is 4.64. The second kappa shape index (κ2) is 9.00. The van der Waals surface area contributed by atoms with Crippen molar-refractivity contribution in [3.63, 3.8) is 0 Å². The maximum atomic E-state index is 13.6. The lowest BCUT2D eigenvalue weighted by Gasteiger charge is -2.25. The number of amides is 2. The molecule has 3 aromatic rings. The van der Waals surface area contributed by atoms with E-state index in [1.807, 2.05) is 4.57 Å². The Morgan fingerprint density at radius 1 is 1.26 bits per heavy atom. The summed E-state index contributed by atoms with van der Waals surface area (Å²) in [5.41, 5.74) is 1.86. The molecule has 7 rings (SSSR count). The first-order valence-corrected chi connectivity index (χ1v) is 14.0. The highest BCUT2D eigenvalue weighted by Gasteiger charge is 2.63. The molecule has 11 nitrogen and oxygen atoms in total. The van der Waals surface area contributed by atoms with Gasteiger partial charge in [-0.3, -0.25) is 14.2 Å². The molecule has 0 bridgehead atoms. The van der Waals surface area contributed by atoms with Crippen molar-refractivity contribution in [2.24, 2.45) is 18.4 Å². The molecule has 39 heavy (non-hydrogen) atoms. The largest absolute Gasteiger partial charge is 0.415 e. The number of aryl methyl sites for hydroxylation is 2. The molecule has 3 fully saturated rings. The van der Waals surface area contributed by atoms with Gasteiger partial charge in [0.2, 0.25) is 17.7 Å². The number of nitrogens with zero attached hydrogens (tertiary/aromatic N) is 5. The number of alkyl halides is 2. The van der Waals surface area contributed by atoms with Gasteiger partial charge in [0.05, 0.1) is 5.56 Å². The van der Waals surface area contributed by atoms with Crippen LogP contribution in [-0.2, 0) is 24.7 Å². The fourth-order valence-electron chi connectivity index (χ4n) is 5.61. The smallest absolute Gasteiger partial charge is 0.388 e. The van der Waals surface area contributed by atoms with Gasteiger partial charge in [-0.05, 0) is 62.3 Å². The van der Waals surface area contributed by atoms with E-state index in [-0.39, 0.29) is 35.7 Å². The molecule has 1 spiro atoms. The van der Waals surface area contributed by atoms with Crippen molar-refractivity contribution in [3.05, 3.63) is 28.4 Å². The van der Waals surface area contributed by atoms with Crippen LogP contribution in [0.15, 0.2) is 12.4 Å². The number of anilines is 3. The van der Waals surface area contributed by atoms with Crippen LogP contribution in [0.5, 0.6) is 5.88 Å². The van der Waals surface area contributed by atoms with E-state index in [1.54, 1.807) is 13.4 Å². The second-order valence-corrected chi connectivity index (χ2v) is 12.1. The Labute approximate surface area is 226 Å². The molecule has 4 aliphatic rings. The van der Waals surface area contributed by atoms with Crippen molar-refractivity contribution in [3.8, 4) is 5.88 Å². The van der Waals surface area contributed by atoms with E-state index in [1.165, 1.54) is 34.9 Å². The van der Waals surface area contributed by atoms with Crippen LogP contribution in [0.1, 0.15) is 65.4 Å². The van der Waals surface area contributed by atoms with Crippen LogP contribution in [0.4, 0.5) is 25.5 Å². The first kappa shape index (κ1) is 24.5. The number of rotatable bonds is 9. The molecule has 3 heterocycles. The van der Waals surface area contributed by atoms with Crippen molar-refractivity contribution >= 4 is 39.9 Å². The zero-order valence-electron chi connectivity index (χ0n) is 21.2. The fourth-order valence-corrected chi connectivity index (χ4v) is 6.85. The lowest BCUT2D eigenvalue weighted by Crippen LogP contribution is -2.30. The van der Waals surface area contributed by atoms with Gasteiger partial charge < -0.3 is 20.7 Å². The molecule has 4 aliphatic carbocycles. The highest BCUT2D eigenvalue weighted by Crippen LogP contribution is 2.66. The van der Waals surface area contributed by atoms with E-state index in [0.717, 1.165) is 42.5 Å². The van der Waals surface area contributed by atoms with Gasteiger partial charge in [-0.1, -0.05) is 0 Å². The van der Waals surface area contributed by atoms with Crippen LogP contribution in [0, 0.1) is 11.3 Å². The molecule has 3 saturated carbocycles. The van der Waals surface area contributed by atoms with Crippen LogP contribution in [0.2, 0.25) is 0 Å². The maximum absolute atomic E-state index is 13.6. The van der Waals surface area contributed by atoms with Gasteiger partial charge in [-0.25, -0.2) is 4.68 Å². The number of halogens is 2. The number of ether oxygens (including phenoxy) is 1. The molecule has 14 heteroatoms. The highest BCUT2D eigenvalue weighted by atomic mass is 32.1. The van der Waals surface area contributed by atoms with Crippen LogP contribution in [0.25, 0.3) is 0 Å². The number of fused-ring (bicyclic) bond motifs is 1. The Balaban J connectivity index is 1.14. The summed E-state index contributed by atoms with van der Waals surface area (Å²) in [4.78, 5) is 27.3. The Morgan fingerprint density at radius 2 is 2.08 bits per heavy atom. The Morgan fingerprint density at radius 3 is 2.79 bits per heavy atom. The zero-order valence-corrected chi connectivity index (χ0v) is 22.1. The van der Waals surface area contributed by atoms with E-state index in [9.17, 15) is 18.4 Å². The van der Waals surface area contributed by atoms with Crippen molar-refractivity contribution < 1.29 is 23.1 Å². The lowest BCUT2D eigenvalue weighted by molar-refractivity contribution is -0.117. The summed E-state index contributed by atoms with van der Waals surface area (Å²) in [5, 5.41) is 22.2. The molecule has 0 aliphatic heterocycles. The van der Waals surface area contributed by atoms with E-state index < -0.39 is 6.61 Å². The maximum Gasteiger partial charge on any atom is 0.388 e. The van der Waals surface area contributed by atoms with Crippen molar-refractivity contribution in [2.45, 2.75) is 70.1 Å². The molecule has 0 aromatic carbocycles. The minimum atomic E-state index is -2.97. The Hall–Kier alpha value is -3.55. The predicted octanol–water partition coefficient (Wildman–Crippen LogP) is 3.78. The van der Waals surface area contributed by atoms with Crippen LogP contribution >= 0.6 is 11.3 Å². The third-order valence-electron chi connectivity index (χ3n) is 8.31. The molecule has 0 saturated heterocycles. The van der Waals surface area contributed by atoms with E-state index in [4.69, 9.17) is 0 Å². The molecular weight excluding hydrogens is 530 g/mol. The lowest BCUT2D eigenvalue weighted by atomic mass is 9.91. The summed E-state index contributed by atoms with van der Waals surface area (Å²) in [6, 6.07) is 1.53. The Kier molecular flexibility index (Phi) is 5.65. The number of nitrogens with one attached hydrogen (secondary N) is 3. The van der Waals surface area contributed by atoms with E-state index in [0.29, 0.717) is 34.2 Å². The van der Waals surface area contributed by atoms with Crippen LogP contribution < -0.4 is 20.7 Å². The fraction of sp³-hybridized carbons (Fsp3) is 0.560. The van der Waals surface area contributed by atoms with Gasteiger partial charge >= 0.3 is 6.61 Å². The molecule has 2 amide bonds. The summed E-state index contributed by atoms with van der Waals surface area (Å²) in [5.74, 6) is 0.539. The molecular formula is C25H28F2N8O3S. The third-order valence-corrected chi connectivity index (χ3v) is 9.52. The quantitative estimate of drug-likeness (QED) is 0.365. The Bertz CT molecular complexity index is 1460. The molecule has 0 radical (unpaired) electrons. The molecule has 3 aromatic heterocycles. The number of hydrogen-bond donors (Lipinski definition) is 3. The van der Waals surface area contributed by atoms with Gasteiger partial charge in [0, 0.05) is 36.0 Å². The van der Waals surface area contributed by atoms with Gasteiger partial charge in [0.15, 0.2) is 0 Å². The standard InChI is InChI=1S/C25H28F2N8O3S/c1-34-17(9-18(33-34)38-23(26)27)30-24-32-28-11-35(24)13-4-5-15-14(8-13)19(21(37)29-16-10-25(16)6-7-25)22(39-15)31-20(36)12-2-3-12/h9,11-13,16,23H,2-8,10H2,1H3,(H,29,37)(H,30,32)(H,31,36)/t13-,16?/m0/s1. The van der Waals surface area contributed by atoms with E-state index in [2.05, 4.69) is 36.0 Å². The van der Waals surface area contributed by atoms with Gasteiger partial charge in [-0.2, -0.15) is 8.78 Å². The van der Waals surface area contributed by atoms with E-state index >= 15 is 0 Å². The molecule has 3 N–H and O–H groups in total. The summed E-state index contributed by atoms with van der Waals surface area (Å²) >= 11 is 1.51. The zero-order chi connectivity index (χ0) is 26.9. The monoisotopic (exact) mass is 558 g/mol. The second-order valence-electron chi connectivity index (χ2n) is 11.0. The summed E-state index contributed by atoms with van der Waals surface area (Å²) < 4.78 is 32.9. The van der Waals surface area contributed by atoms with Crippen molar-refractivity contribution in [1.29, 1.82) is 0 Å². The molecule has 206 valence electrons.